The highest BCUT2D eigenvalue weighted by Gasteiger charge is 2.34. The molecule has 0 aromatic carbocycles. The Hall–Kier alpha value is -1.16. The molecular formula is C11H13ClN4OS. The minimum atomic E-state index is -2.60. The number of aromatic nitrogens is 1. The lowest BCUT2D eigenvalue weighted by Crippen LogP contribution is -2.26. The van der Waals surface area contributed by atoms with Crippen LogP contribution in [-0.2, 0) is 16.3 Å². The van der Waals surface area contributed by atoms with Crippen molar-refractivity contribution in [3.8, 4) is 6.19 Å². The molecule has 2 rings (SSSR count). The lowest BCUT2D eigenvalue weighted by Gasteiger charge is -2.16. The van der Waals surface area contributed by atoms with Gasteiger partial charge in [-0.05, 0) is 24.5 Å². The summed E-state index contributed by atoms with van der Waals surface area (Å²) in [5.74, 6) is 0. The van der Waals surface area contributed by atoms with Crippen molar-refractivity contribution in [2.45, 2.75) is 18.1 Å². The van der Waals surface area contributed by atoms with Crippen LogP contribution in [0, 0.1) is 11.5 Å². The molecule has 5 nitrogen and oxygen atoms in total. The van der Waals surface area contributed by atoms with Crippen LogP contribution in [0.25, 0.3) is 0 Å². The summed E-state index contributed by atoms with van der Waals surface area (Å²) in [4.78, 5) is 4.00. The smallest absolute Gasteiger partial charge is 0.215 e. The summed E-state index contributed by atoms with van der Waals surface area (Å²) in [5, 5.41) is 8.98. The van der Waals surface area contributed by atoms with Crippen molar-refractivity contribution in [3.05, 3.63) is 29.0 Å². The van der Waals surface area contributed by atoms with Gasteiger partial charge in [0.1, 0.15) is 15.1 Å². The first-order valence-electron chi connectivity index (χ1n) is 5.52. The molecule has 1 saturated heterocycles. The number of rotatable bonds is 2. The fourth-order valence-corrected chi connectivity index (χ4v) is 4.28. The summed E-state index contributed by atoms with van der Waals surface area (Å²) in [6, 6.07) is 3.57. The molecule has 0 amide bonds. The minimum Gasteiger partial charge on any atom is -0.244 e. The highest BCUT2D eigenvalue weighted by molar-refractivity contribution is 7.92. The highest BCUT2D eigenvalue weighted by atomic mass is 35.5. The predicted molar refractivity (Wildman–Crippen MR) is 70.2 cm³/mol. The molecule has 1 aliphatic heterocycles. The number of nitriles is 1. The molecule has 0 aliphatic carbocycles. The molecule has 0 bridgehead atoms. The third-order valence-electron chi connectivity index (χ3n) is 3.07. The number of nitrogens with zero attached hydrogens (tertiary/aromatic N) is 4. The van der Waals surface area contributed by atoms with Crippen LogP contribution in [0.15, 0.2) is 22.7 Å². The van der Waals surface area contributed by atoms with Crippen molar-refractivity contribution in [2.75, 3.05) is 13.6 Å². The van der Waals surface area contributed by atoms with Gasteiger partial charge in [0, 0.05) is 19.8 Å². The quantitative estimate of drug-likeness (QED) is 0.615. The number of pyridine rings is 1. The second-order valence-corrected chi connectivity index (χ2v) is 7.12. The van der Waals surface area contributed by atoms with Gasteiger partial charge in [-0.3, -0.25) is 0 Å². The Morgan fingerprint density at radius 1 is 1.72 bits per heavy atom. The Morgan fingerprint density at radius 2 is 2.50 bits per heavy atom. The van der Waals surface area contributed by atoms with Crippen LogP contribution in [0.4, 0.5) is 0 Å². The van der Waals surface area contributed by atoms with Gasteiger partial charge in [0.2, 0.25) is 6.19 Å². The molecule has 1 aromatic heterocycles. The second-order valence-electron chi connectivity index (χ2n) is 4.18. The average Bonchev–Trinajstić information content (AvgIpc) is 2.61. The van der Waals surface area contributed by atoms with Crippen molar-refractivity contribution in [1.82, 2.24) is 9.29 Å². The van der Waals surface area contributed by atoms with E-state index in [0.717, 1.165) is 12.0 Å². The van der Waals surface area contributed by atoms with E-state index >= 15 is 0 Å². The molecule has 0 spiro atoms. The summed E-state index contributed by atoms with van der Waals surface area (Å²) in [6.45, 7) is 0.690. The highest BCUT2D eigenvalue weighted by Crippen LogP contribution is 2.25. The molecule has 0 radical (unpaired) electrons. The fraction of sp³-hybridized carbons (Fsp3) is 0.455. The molecule has 2 heterocycles. The van der Waals surface area contributed by atoms with Gasteiger partial charge in [0.05, 0.1) is 5.25 Å². The SMILES string of the molecule is CN1CCC(Cc2ccc(Cl)nc2)S1(=O)=NC#N. The maximum absolute atomic E-state index is 12.6. The van der Waals surface area contributed by atoms with E-state index in [0.29, 0.717) is 18.1 Å². The minimum absolute atomic E-state index is 0.134. The molecule has 2 unspecified atom stereocenters. The van der Waals surface area contributed by atoms with Gasteiger partial charge in [-0.25, -0.2) is 13.5 Å². The van der Waals surface area contributed by atoms with E-state index in [2.05, 4.69) is 9.35 Å². The van der Waals surface area contributed by atoms with E-state index in [4.69, 9.17) is 16.9 Å². The Bertz CT molecular complexity index is 586. The summed E-state index contributed by atoms with van der Waals surface area (Å²) in [6.07, 6.45) is 4.71. The van der Waals surface area contributed by atoms with Gasteiger partial charge in [0.15, 0.2) is 0 Å². The van der Waals surface area contributed by atoms with E-state index in [1.54, 1.807) is 29.8 Å². The summed E-state index contributed by atoms with van der Waals surface area (Å²) >= 11 is 5.72. The van der Waals surface area contributed by atoms with E-state index in [-0.39, 0.29) is 5.25 Å². The van der Waals surface area contributed by atoms with Crippen molar-refractivity contribution in [2.24, 2.45) is 4.36 Å². The maximum Gasteiger partial charge on any atom is 0.215 e. The Morgan fingerprint density at radius 3 is 3.11 bits per heavy atom. The van der Waals surface area contributed by atoms with E-state index in [9.17, 15) is 4.21 Å². The fourth-order valence-electron chi connectivity index (χ4n) is 2.07. The lowest BCUT2D eigenvalue weighted by molar-refractivity contribution is 0.552. The topological polar surface area (TPSA) is 69.3 Å². The molecular weight excluding hydrogens is 272 g/mol. The van der Waals surface area contributed by atoms with Gasteiger partial charge in [-0.2, -0.15) is 5.26 Å². The van der Waals surface area contributed by atoms with E-state index in [1.807, 2.05) is 6.07 Å². The van der Waals surface area contributed by atoms with Crippen LogP contribution >= 0.6 is 11.6 Å². The first-order chi connectivity index (χ1) is 8.56. The zero-order valence-electron chi connectivity index (χ0n) is 9.91. The molecule has 1 aromatic rings. The Labute approximate surface area is 112 Å². The molecule has 7 heteroatoms. The average molecular weight is 285 g/mol. The zero-order chi connectivity index (χ0) is 13.2. The third kappa shape index (κ3) is 2.48. The van der Waals surface area contributed by atoms with Crippen molar-refractivity contribution >= 4 is 21.5 Å². The first kappa shape index (κ1) is 13.3. The van der Waals surface area contributed by atoms with Gasteiger partial charge >= 0.3 is 0 Å². The molecule has 0 saturated carbocycles. The van der Waals surface area contributed by atoms with Crippen LogP contribution < -0.4 is 0 Å². The lowest BCUT2D eigenvalue weighted by atomic mass is 10.1. The number of hydrogen-bond donors (Lipinski definition) is 0. The molecule has 0 N–H and O–H groups in total. The molecule has 96 valence electrons. The van der Waals surface area contributed by atoms with Gasteiger partial charge < -0.3 is 0 Å². The predicted octanol–water partition coefficient (Wildman–Crippen LogP) is 1.85. The summed E-state index contributed by atoms with van der Waals surface area (Å²) < 4.78 is 17.9. The van der Waals surface area contributed by atoms with Crippen molar-refractivity contribution in [3.63, 3.8) is 0 Å². The summed E-state index contributed by atoms with van der Waals surface area (Å²) in [5.41, 5.74) is 0.959. The maximum atomic E-state index is 12.6. The monoisotopic (exact) mass is 284 g/mol. The Kier molecular flexibility index (Phi) is 3.85. The molecule has 18 heavy (non-hydrogen) atoms. The molecule has 1 fully saturated rings. The number of halogens is 1. The van der Waals surface area contributed by atoms with Gasteiger partial charge in [-0.15, -0.1) is 4.36 Å². The zero-order valence-corrected chi connectivity index (χ0v) is 11.5. The van der Waals surface area contributed by atoms with Crippen LogP contribution in [0.1, 0.15) is 12.0 Å². The number of hydrogen-bond acceptors (Lipinski definition) is 4. The first-order valence-corrected chi connectivity index (χ1v) is 7.43. The van der Waals surface area contributed by atoms with Crippen LogP contribution in [0.2, 0.25) is 5.15 Å². The van der Waals surface area contributed by atoms with E-state index in [1.165, 1.54) is 0 Å². The normalized spacial score (nSPS) is 27.9. The summed E-state index contributed by atoms with van der Waals surface area (Å²) in [7, 11) is -0.856. The second kappa shape index (κ2) is 5.22. The molecule has 1 aliphatic rings. The Balaban J connectivity index is 2.25. The van der Waals surface area contributed by atoms with Crippen molar-refractivity contribution in [1.29, 1.82) is 5.26 Å². The van der Waals surface area contributed by atoms with Gasteiger partial charge in [-0.1, -0.05) is 17.7 Å². The van der Waals surface area contributed by atoms with Crippen LogP contribution in [0.3, 0.4) is 0 Å². The van der Waals surface area contributed by atoms with E-state index < -0.39 is 9.92 Å². The van der Waals surface area contributed by atoms with Crippen LogP contribution in [0.5, 0.6) is 0 Å². The van der Waals surface area contributed by atoms with Crippen LogP contribution in [-0.4, -0.2) is 32.3 Å². The third-order valence-corrected chi connectivity index (χ3v) is 5.98. The van der Waals surface area contributed by atoms with Gasteiger partial charge in [0.25, 0.3) is 0 Å². The largest absolute Gasteiger partial charge is 0.244 e. The van der Waals surface area contributed by atoms with Crippen molar-refractivity contribution < 1.29 is 4.21 Å². The molecule has 2 atom stereocenters. The standard InChI is InChI=1S/C11H13ClN4OS/c1-16-5-4-10(18(16,17)15-8-13)6-9-2-3-11(12)14-7-9/h2-3,7,10H,4-6H2,1H3.